The van der Waals surface area contributed by atoms with E-state index in [4.69, 9.17) is 0 Å². The number of rotatable bonds is 6. The van der Waals surface area contributed by atoms with Gasteiger partial charge in [0, 0.05) is 6.08 Å². The molecule has 0 aromatic carbocycles. The molecular weight excluding hydrogens is 208 g/mol. The third-order valence-corrected chi connectivity index (χ3v) is 1.04. The molecule has 14 heavy (non-hydrogen) atoms. The van der Waals surface area contributed by atoms with Crippen LogP contribution in [0.25, 0.3) is 0 Å². The van der Waals surface area contributed by atoms with Gasteiger partial charge in [-0.1, -0.05) is 6.58 Å². The fourth-order valence-electron chi connectivity index (χ4n) is 0.442. The Morgan fingerprint density at radius 1 is 1.43 bits per heavy atom. The molecule has 0 saturated carbocycles. The second-order valence-corrected chi connectivity index (χ2v) is 2.08. The minimum atomic E-state index is -4.51. The lowest BCUT2D eigenvalue weighted by molar-refractivity contribution is -0.302. The number of halogens is 4. The highest BCUT2D eigenvalue weighted by molar-refractivity contribution is 5.81. The van der Waals surface area contributed by atoms with E-state index >= 15 is 0 Å². The highest BCUT2D eigenvalue weighted by Crippen LogP contribution is 2.23. The van der Waals surface area contributed by atoms with Crippen LogP contribution in [0.3, 0.4) is 0 Å². The molecule has 0 spiro atoms. The van der Waals surface area contributed by atoms with Crippen LogP contribution in [0, 0.1) is 0 Å². The second-order valence-electron chi connectivity index (χ2n) is 2.08. The van der Waals surface area contributed by atoms with E-state index in [1.807, 2.05) is 0 Å². The molecule has 0 amide bonds. The molecule has 82 valence electrons. The van der Waals surface area contributed by atoms with Crippen molar-refractivity contribution in [3.8, 4) is 0 Å². The first kappa shape index (κ1) is 12.9. The Kier molecular flexibility index (Phi) is 5.14. The summed E-state index contributed by atoms with van der Waals surface area (Å²) in [5, 5.41) is 0. The highest BCUT2D eigenvalue weighted by atomic mass is 19.3. The van der Waals surface area contributed by atoms with Crippen LogP contribution in [0.4, 0.5) is 17.6 Å². The van der Waals surface area contributed by atoms with Crippen LogP contribution < -0.4 is 0 Å². The molecule has 0 aromatic heterocycles. The van der Waals surface area contributed by atoms with Gasteiger partial charge >= 0.3 is 18.5 Å². The molecule has 0 saturated heterocycles. The maximum Gasteiger partial charge on any atom is 0.416 e. The van der Waals surface area contributed by atoms with Crippen LogP contribution in [0.2, 0.25) is 0 Å². The van der Waals surface area contributed by atoms with Crippen LogP contribution >= 0.6 is 0 Å². The van der Waals surface area contributed by atoms with Gasteiger partial charge < -0.3 is 9.47 Å². The number of hydrogen-bond donors (Lipinski definition) is 0. The summed E-state index contributed by atoms with van der Waals surface area (Å²) >= 11 is 0. The van der Waals surface area contributed by atoms with Crippen LogP contribution in [-0.2, 0) is 14.3 Å². The van der Waals surface area contributed by atoms with Crippen LogP contribution in [0.15, 0.2) is 12.7 Å². The van der Waals surface area contributed by atoms with Crippen LogP contribution in [0.5, 0.6) is 0 Å². The van der Waals surface area contributed by atoms with Gasteiger partial charge in [-0.2, -0.15) is 8.78 Å². The molecule has 0 fully saturated rings. The molecular formula is C7H8F4O3. The first-order chi connectivity index (χ1) is 6.40. The molecule has 0 atom stereocenters. The number of carbonyl (C=O) groups excluding carboxylic acids is 1. The van der Waals surface area contributed by atoms with Crippen molar-refractivity contribution < 1.29 is 31.8 Å². The van der Waals surface area contributed by atoms with E-state index in [-0.39, 0.29) is 0 Å². The summed E-state index contributed by atoms with van der Waals surface area (Å²) in [7, 11) is 0. The maximum absolute atomic E-state index is 12.0. The number of ether oxygens (including phenoxy) is 2. The molecule has 0 aliphatic heterocycles. The first-order valence-electron chi connectivity index (χ1n) is 3.49. The summed E-state index contributed by atoms with van der Waals surface area (Å²) in [4.78, 5) is 10.3. The zero-order valence-electron chi connectivity index (χ0n) is 7.01. The van der Waals surface area contributed by atoms with Gasteiger partial charge in [-0.25, -0.2) is 13.6 Å². The first-order valence-corrected chi connectivity index (χ1v) is 3.49. The zero-order valence-corrected chi connectivity index (χ0v) is 7.01. The van der Waals surface area contributed by atoms with Crippen molar-refractivity contribution >= 4 is 5.97 Å². The molecule has 0 aliphatic carbocycles. The summed E-state index contributed by atoms with van der Waals surface area (Å²) in [5.41, 5.74) is 0. The average molecular weight is 216 g/mol. The summed E-state index contributed by atoms with van der Waals surface area (Å²) < 4.78 is 54.7. The Labute approximate surface area is 77.3 Å². The molecule has 0 radical (unpaired) electrons. The van der Waals surface area contributed by atoms with Gasteiger partial charge in [0.1, 0.15) is 6.61 Å². The predicted octanol–water partition coefficient (Wildman–Crippen LogP) is 1.59. The second kappa shape index (κ2) is 5.58. The Balaban J connectivity index is 3.64. The van der Waals surface area contributed by atoms with E-state index in [9.17, 15) is 22.4 Å². The molecule has 0 rings (SSSR count). The topological polar surface area (TPSA) is 35.5 Å². The predicted molar refractivity (Wildman–Crippen MR) is 38.1 cm³/mol. The lowest BCUT2D eigenvalue weighted by Crippen LogP contribution is -2.31. The Bertz CT molecular complexity index is 205. The van der Waals surface area contributed by atoms with Crippen molar-refractivity contribution in [2.75, 3.05) is 13.2 Å². The van der Waals surface area contributed by atoms with Crippen molar-refractivity contribution in [2.45, 2.75) is 12.5 Å². The summed E-state index contributed by atoms with van der Waals surface area (Å²) in [6.07, 6.45) is -7.61. The summed E-state index contributed by atoms with van der Waals surface area (Å²) in [6.45, 7) is 1.69. The summed E-state index contributed by atoms with van der Waals surface area (Å²) in [5.74, 6) is -0.839. The smallest absolute Gasteiger partial charge is 0.416 e. The monoisotopic (exact) mass is 216 g/mol. The zero-order chi connectivity index (χ0) is 11.2. The minimum absolute atomic E-state index is 0.535. The third-order valence-electron chi connectivity index (χ3n) is 1.04. The van der Waals surface area contributed by atoms with Gasteiger partial charge in [-0.3, -0.25) is 0 Å². The molecule has 0 N–H and O–H groups in total. The van der Waals surface area contributed by atoms with E-state index < -0.39 is 31.7 Å². The van der Waals surface area contributed by atoms with E-state index in [0.29, 0.717) is 0 Å². The normalized spacial score (nSPS) is 11.5. The van der Waals surface area contributed by atoms with Crippen molar-refractivity contribution in [3.05, 3.63) is 12.7 Å². The van der Waals surface area contributed by atoms with Gasteiger partial charge in [0.05, 0.1) is 6.61 Å². The molecule has 0 aromatic rings. The van der Waals surface area contributed by atoms with Gasteiger partial charge in [0.25, 0.3) is 0 Å². The third kappa shape index (κ3) is 4.80. The minimum Gasteiger partial charge on any atom is -0.460 e. The van der Waals surface area contributed by atoms with Crippen LogP contribution in [-0.4, -0.2) is 31.7 Å². The van der Waals surface area contributed by atoms with E-state index in [1.165, 1.54) is 0 Å². The summed E-state index contributed by atoms with van der Waals surface area (Å²) in [6, 6.07) is 0. The molecule has 3 nitrogen and oxygen atoms in total. The van der Waals surface area contributed by atoms with Crippen molar-refractivity contribution in [3.63, 3.8) is 0 Å². The highest BCUT2D eigenvalue weighted by Gasteiger charge is 2.42. The van der Waals surface area contributed by atoms with Gasteiger partial charge in [-0.05, 0) is 0 Å². The fraction of sp³-hybridized carbons (Fsp3) is 0.571. The van der Waals surface area contributed by atoms with Gasteiger partial charge in [-0.15, -0.1) is 0 Å². The van der Waals surface area contributed by atoms with E-state index in [2.05, 4.69) is 16.1 Å². The molecule has 0 heterocycles. The average Bonchev–Trinajstić information content (AvgIpc) is 2.11. The van der Waals surface area contributed by atoms with Gasteiger partial charge in [0.2, 0.25) is 0 Å². The number of carbonyl (C=O) groups is 1. The molecule has 7 heteroatoms. The maximum atomic E-state index is 12.0. The molecule has 0 bridgehead atoms. The lowest BCUT2D eigenvalue weighted by Gasteiger charge is -2.15. The number of esters is 1. The lowest BCUT2D eigenvalue weighted by atomic mass is 10.6. The Morgan fingerprint density at radius 3 is 2.43 bits per heavy atom. The molecule has 0 aliphatic rings. The standard InChI is InChI=1S/C7H8F4O3/c1-2-5(12)13-3-4-14-7(10,11)6(8)9/h2,6H,1,3-4H2. The van der Waals surface area contributed by atoms with E-state index in [1.54, 1.807) is 0 Å². The van der Waals surface area contributed by atoms with Gasteiger partial charge in [0.15, 0.2) is 0 Å². The van der Waals surface area contributed by atoms with Crippen molar-refractivity contribution in [2.24, 2.45) is 0 Å². The van der Waals surface area contributed by atoms with Crippen molar-refractivity contribution in [1.82, 2.24) is 0 Å². The van der Waals surface area contributed by atoms with E-state index in [0.717, 1.165) is 6.08 Å². The number of alkyl halides is 4. The SMILES string of the molecule is C=CC(=O)OCCOC(F)(F)C(F)F. The van der Waals surface area contributed by atoms with Crippen LogP contribution in [0.1, 0.15) is 0 Å². The Hall–Kier alpha value is -1.11. The number of hydrogen-bond acceptors (Lipinski definition) is 3. The fourth-order valence-corrected chi connectivity index (χ4v) is 0.442. The largest absolute Gasteiger partial charge is 0.460 e. The quantitative estimate of drug-likeness (QED) is 0.293. The van der Waals surface area contributed by atoms with Crippen molar-refractivity contribution in [1.29, 1.82) is 0 Å². The molecule has 0 unspecified atom stereocenters. The Morgan fingerprint density at radius 2 is 2.00 bits per heavy atom.